The molecule has 3 N–H and O–H groups in total. The molecule has 0 aliphatic heterocycles. The zero-order valence-electron chi connectivity index (χ0n) is 17.1. The van der Waals surface area contributed by atoms with E-state index >= 15 is 0 Å². The standard InChI is InChI=1S/C18H15OSi.3CH2FNO.Zn/c19-20(16-10-4-1-5-11-16,17-12-6-2-7-13-17)18-14-8-3-9-15-18;3*2-1(3)4;/h1-15H;3*(H2,3,4);/q-1;;;;+4/p-3. The molecule has 3 aromatic carbocycles. The summed E-state index contributed by atoms with van der Waals surface area (Å²) >= 11 is -6.14. The SMILES string of the molecule is O=C(F)[NH][Zn]([NH]C(=O)F)([NH]C(=O)F)[O][Si](c1ccccc1)(c1ccccc1)c1ccccc1. The first-order valence-corrected chi connectivity index (χ1v) is 17.5. The van der Waals surface area contributed by atoms with Crippen LogP contribution in [0.15, 0.2) is 91.0 Å². The molecule has 7 nitrogen and oxygen atoms in total. The van der Waals surface area contributed by atoms with Gasteiger partial charge in [0.15, 0.2) is 0 Å². The van der Waals surface area contributed by atoms with E-state index in [9.17, 15) is 27.6 Å². The van der Waals surface area contributed by atoms with E-state index in [1.165, 1.54) is 0 Å². The van der Waals surface area contributed by atoms with Crippen molar-refractivity contribution in [3.05, 3.63) is 91.0 Å². The van der Waals surface area contributed by atoms with Crippen molar-refractivity contribution in [3.63, 3.8) is 0 Å². The molecule has 0 spiro atoms. The average molecular weight is 527 g/mol. The minimum atomic E-state index is -6.14. The van der Waals surface area contributed by atoms with Gasteiger partial charge in [-0.05, 0) is 0 Å². The van der Waals surface area contributed by atoms with Crippen LogP contribution in [0, 0.1) is 0 Å². The monoisotopic (exact) mass is 525 g/mol. The Balaban J connectivity index is 2.37. The molecule has 3 amide bonds. The number of carbonyl (C=O) groups is 3. The number of hydrogen-bond donors (Lipinski definition) is 3. The fraction of sp³-hybridized carbons (Fsp3) is 0. The first kappa shape index (κ1) is 24.3. The number of nitrogens with one attached hydrogen (secondary N) is 3. The molecule has 0 aromatic heterocycles. The molecule has 3 aromatic rings. The molecule has 0 fully saturated rings. The van der Waals surface area contributed by atoms with E-state index in [1.54, 1.807) is 103 Å². The van der Waals surface area contributed by atoms with Crippen molar-refractivity contribution < 1.29 is 46.7 Å². The topological polar surface area (TPSA) is 96.5 Å². The number of halogens is 3. The number of hydrogen-bond acceptors (Lipinski definition) is 4. The van der Waals surface area contributed by atoms with Crippen molar-refractivity contribution in [2.45, 2.75) is 0 Å². The maximum atomic E-state index is 13.6. The molecule has 0 aliphatic rings. The van der Waals surface area contributed by atoms with Crippen LogP contribution in [0.25, 0.3) is 0 Å². The van der Waals surface area contributed by atoms with Gasteiger partial charge in [-0.2, -0.15) is 0 Å². The maximum absolute atomic E-state index is 13.6. The normalized spacial score (nSPS) is 10.9. The number of carbonyl (C=O) groups excluding carboxylic acids is 3. The predicted octanol–water partition coefficient (Wildman–Crippen LogP) is 2.52. The van der Waals surface area contributed by atoms with Gasteiger partial charge in [0.1, 0.15) is 0 Å². The van der Waals surface area contributed by atoms with E-state index in [2.05, 4.69) is 0 Å². The van der Waals surface area contributed by atoms with Crippen LogP contribution in [0.1, 0.15) is 0 Å². The van der Waals surface area contributed by atoms with E-state index < -0.39 is 42.7 Å². The predicted molar refractivity (Wildman–Crippen MR) is 114 cm³/mol. The summed E-state index contributed by atoms with van der Waals surface area (Å²) in [5, 5.41) is 1.67. The van der Waals surface area contributed by atoms with Crippen LogP contribution < -0.4 is 27.7 Å². The van der Waals surface area contributed by atoms with Gasteiger partial charge in [-0.15, -0.1) is 0 Å². The molecule has 0 bridgehead atoms. The van der Waals surface area contributed by atoms with Crippen LogP contribution in [0.4, 0.5) is 27.6 Å². The Kier molecular flexibility index (Phi) is 7.75. The molecular weight excluding hydrogens is 509 g/mol. The van der Waals surface area contributed by atoms with Gasteiger partial charge in [-0.1, -0.05) is 0 Å². The van der Waals surface area contributed by atoms with Crippen molar-refractivity contribution in [3.8, 4) is 0 Å². The van der Waals surface area contributed by atoms with Crippen molar-refractivity contribution in [2.75, 3.05) is 0 Å². The Hall–Kier alpha value is -3.34. The Morgan fingerprint density at radius 2 is 0.848 bits per heavy atom. The van der Waals surface area contributed by atoms with Crippen LogP contribution in [0.3, 0.4) is 0 Å². The molecule has 0 saturated carbocycles. The molecule has 0 radical (unpaired) electrons. The van der Waals surface area contributed by atoms with Crippen molar-refractivity contribution in [1.29, 1.82) is 0 Å². The van der Waals surface area contributed by atoms with E-state index in [0.717, 1.165) is 0 Å². The van der Waals surface area contributed by atoms with Crippen LogP contribution in [0.2, 0.25) is 0 Å². The second-order valence-corrected chi connectivity index (χ2v) is 18.7. The quantitative estimate of drug-likeness (QED) is 0.182. The van der Waals surface area contributed by atoms with Crippen LogP contribution in [0.5, 0.6) is 0 Å². The summed E-state index contributed by atoms with van der Waals surface area (Å²) in [4.78, 5) is 34.1. The van der Waals surface area contributed by atoms with Gasteiger partial charge in [0.25, 0.3) is 0 Å². The fourth-order valence-electron chi connectivity index (χ4n) is 3.92. The van der Waals surface area contributed by atoms with Gasteiger partial charge in [-0.25, -0.2) is 0 Å². The van der Waals surface area contributed by atoms with Gasteiger partial charge in [0, 0.05) is 0 Å². The second-order valence-electron chi connectivity index (χ2n) is 7.24. The average Bonchev–Trinajstić information content (AvgIpc) is 2.78. The van der Waals surface area contributed by atoms with Crippen molar-refractivity contribution in [2.24, 2.45) is 0 Å². The van der Waals surface area contributed by atoms with Crippen LogP contribution >= 0.6 is 0 Å². The molecule has 0 saturated heterocycles. The van der Waals surface area contributed by atoms with E-state index in [0.29, 0.717) is 15.6 Å². The third-order valence-electron chi connectivity index (χ3n) is 5.14. The molecule has 0 atom stereocenters. The van der Waals surface area contributed by atoms with Gasteiger partial charge in [0.05, 0.1) is 0 Å². The molecule has 0 aliphatic carbocycles. The van der Waals surface area contributed by atoms with Crippen molar-refractivity contribution in [1.82, 2.24) is 12.2 Å². The number of rotatable bonds is 8. The molecule has 0 heterocycles. The van der Waals surface area contributed by atoms with Crippen molar-refractivity contribution >= 4 is 42.4 Å². The fourth-order valence-corrected chi connectivity index (χ4v) is 19.9. The van der Waals surface area contributed by atoms with Gasteiger partial charge in [0.2, 0.25) is 0 Å². The second kappa shape index (κ2) is 10.5. The third-order valence-corrected chi connectivity index (χ3v) is 19.8. The summed E-state index contributed by atoms with van der Waals surface area (Å²) in [6, 6.07) is 25.7. The van der Waals surface area contributed by atoms with Crippen LogP contribution in [-0.2, 0) is 19.1 Å². The third kappa shape index (κ3) is 5.72. The van der Waals surface area contributed by atoms with Crippen LogP contribution in [-0.4, -0.2) is 26.8 Å². The number of benzene rings is 3. The Bertz CT molecular complexity index is 990. The van der Waals surface area contributed by atoms with Gasteiger partial charge >= 0.3 is 192 Å². The zero-order chi connectivity index (χ0) is 23.9. The van der Waals surface area contributed by atoms with E-state index in [1.807, 2.05) is 0 Å². The first-order valence-electron chi connectivity index (χ1n) is 9.96. The number of amides is 3. The Morgan fingerprint density at radius 3 is 1.09 bits per heavy atom. The van der Waals surface area contributed by atoms with Gasteiger partial charge in [-0.3, -0.25) is 0 Å². The minimum absolute atomic E-state index is 0.556. The zero-order valence-corrected chi connectivity index (χ0v) is 21.1. The van der Waals surface area contributed by atoms with E-state index in [4.69, 9.17) is 3.25 Å². The molecule has 3 rings (SSSR count). The molecule has 12 heteroatoms. The molecule has 168 valence electrons. The molecular formula is C21H18F3N3O4SiZn. The molecule has 0 unspecified atom stereocenters. The van der Waals surface area contributed by atoms with E-state index in [-0.39, 0.29) is 0 Å². The summed E-state index contributed by atoms with van der Waals surface area (Å²) in [6.07, 6.45) is -6.68. The summed E-state index contributed by atoms with van der Waals surface area (Å²) in [6.45, 7) is 0. The summed E-state index contributed by atoms with van der Waals surface area (Å²) in [7, 11) is -3.81. The van der Waals surface area contributed by atoms with Gasteiger partial charge < -0.3 is 0 Å². The summed E-state index contributed by atoms with van der Waals surface area (Å²) in [5.41, 5.74) is 0. The Morgan fingerprint density at radius 1 is 0.576 bits per heavy atom. The first-order chi connectivity index (χ1) is 15.8. The summed E-state index contributed by atoms with van der Waals surface area (Å²) < 4.78 is 52.2. The summed E-state index contributed by atoms with van der Waals surface area (Å²) in [5.74, 6) is 0. The molecule has 33 heavy (non-hydrogen) atoms. The Labute approximate surface area is 192 Å².